The van der Waals surface area contributed by atoms with E-state index in [4.69, 9.17) is 9.47 Å². The van der Waals surface area contributed by atoms with Crippen molar-refractivity contribution >= 4 is 5.97 Å². The molecule has 0 spiro atoms. The molecule has 5 rings (SSSR count). The molecule has 3 aromatic rings. The summed E-state index contributed by atoms with van der Waals surface area (Å²) < 4.78 is 41.5. The zero-order valence-electron chi connectivity index (χ0n) is 21.2. The lowest BCUT2D eigenvalue weighted by Crippen LogP contribution is -2.11. The van der Waals surface area contributed by atoms with Gasteiger partial charge in [-0.2, -0.15) is 0 Å². The molecule has 1 N–H and O–H groups in total. The van der Waals surface area contributed by atoms with E-state index in [-0.39, 0.29) is 41.8 Å². The number of rotatable bonds is 11. The van der Waals surface area contributed by atoms with Crippen LogP contribution in [0.5, 0.6) is 11.5 Å². The molecule has 0 saturated heterocycles. The van der Waals surface area contributed by atoms with Gasteiger partial charge in [0.1, 0.15) is 18.2 Å². The van der Waals surface area contributed by atoms with Crippen LogP contribution in [0.3, 0.4) is 0 Å². The second-order valence-corrected chi connectivity index (χ2v) is 10.8. The van der Waals surface area contributed by atoms with Gasteiger partial charge in [0.15, 0.2) is 11.6 Å². The minimum atomic E-state index is -0.924. The topological polar surface area (TPSA) is 55.8 Å². The largest absolute Gasteiger partial charge is 0.497 e. The molecule has 2 saturated carbocycles. The summed E-state index contributed by atoms with van der Waals surface area (Å²) in [6.07, 6.45) is 4.83. The van der Waals surface area contributed by atoms with Gasteiger partial charge in [-0.15, -0.1) is 0 Å². The fraction of sp³-hybridized carbons (Fsp3) is 0.387. The second-order valence-electron chi connectivity index (χ2n) is 10.8. The lowest BCUT2D eigenvalue weighted by molar-refractivity contribution is -0.137. The van der Waals surface area contributed by atoms with Gasteiger partial charge < -0.3 is 14.6 Å². The predicted molar refractivity (Wildman–Crippen MR) is 138 cm³/mol. The van der Waals surface area contributed by atoms with Gasteiger partial charge in [0, 0.05) is 11.5 Å². The molecule has 1 atom stereocenters. The van der Waals surface area contributed by atoms with E-state index in [1.54, 1.807) is 37.4 Å². The van der Waals surface area contributed by atoms with Crippen LogP contribution in [0.25, 0.3) is 11.1 Å². The Morgan fingerprint density at radius 3 is 2.54 bits per heavy atom. The highest BCUT2D eigenvalue weighted by Gasteiger charge is 2.38. The number of hydrogen-bond donors (Lipinski definition) is 1. The van der Waals surface area contributed by atoms with Crippen LogP contribution < -0.4 is 9.47 Å². The molecule has 0 radical (unpaired) electrons. The van der Waals surface area contributed by atoms with Crippen LogP contribution in [-0.2, 0) is 17.8 Å². The number of carboxylic acids is 1. The highest BCUT2D eigenvalue weighted by Crippen LogP contribution is 2.49. The summed E-state index contributed by atoms with van der Waals surface area (Å²) in [4.78, 5) is 11.4. The molecule has 2 aliphatic rings. The summed E-state index contributed by atoms with van der Waals surface area (Å²) >= 11 is 0. The highest BCUT2D eigenvalue weighted by molar-refractivity contribution is 5.70. The molecule has 1 unspecified atom stereocenters. The molecule has 2 aliphatic carbocycles. The maximum Gasteiger partial charge on any atom is 0.303 e. The first-order chi connectivity index (χ1) is 17.8. The minimum absolute atomic E-state index is 0.0878. The maximum atomic E-state index is 15.4. The first kappa shape index (κ1) is 25.2. The summed E-state index contributed by atoms with van der Waals surface area (Å²) in [5, 5.41) is 9.31. The Morgan fingerprint density at radius 1 is 1.08 bits per heavy atom. The van der Waals surface area contributed by atoms with E-state index < -0.39 is 11.8 Å². The molecule has 37 heavy (non-hydrogen) atoms. The Bertz CT molecular complexity index is 1310. The summed E-state index contributed by atoms with van der Waals surface area (Å²) in [5.74, 6) is -1.14. The van der Waals surface area contributed by atoms with Crippen LogP contribution in [0.1, 0.15) is 61.6 Å². The zero-order valence-corrected chi connectivity index (χ0v) is 21.2. The number of carbonyl (C=O) groups is 1. The van der Waals surface area contributed by atoms with Crippen LogP contribution in [0.2, 0.25) is 0 Å². The van der Waals surface area contributed by atoms with E-state index in [1.165, 1.54) is 6.07 Å². The van der Waals surface area contributed by atoms with E-state index in [0.29, 0.717) is 16.9 Å². The highest BCUT2D eigenvalue weighted by atomic mass is 19.1. The average molecular weight is 507 g/mol. The van der Waals surface area contributed by atoms with Crippen molar-refractivity contribution in [3.8, 4) is 22.6 Å². The SMILES string of the molecule is COc1ccc(F)c(-c2ccc(COc3cccc(C(CC(=O)O)C4CC4)c3F)cc2CC2(C)CC2)c1. The summed E-state index contributed by atoms with van der Waals surface area (Å²) in [7, 11) is 1.56. The third-order valence-corrected chi connectivity index (χ3v) is 7.73. The fourth-order valence-corrected chi connectivity index (χ4v) is 5.14. The van der Waals surface area contributed by atoms with E-state index in [1.807, 2.05) is 18.2 Å². The molecule has 4 nitrogen and oxygen atoms in total. The van der Waals surface area contributed by atoms with Crippen molar-refractivity contribution in [2.24, 2.45) is 11.3 Å². The van der Waals surface area contributed by atoms with Gasteiger partial charge >= 0.3 is 5.97 Å². The Morgan fingerprint density at radius 2 is 1.86 bits per heavy atom. The number of hydrogen-bond acceptors (Lipinski definition) is 3. The molecule has 194 valence electrons. The zero-order chi connectivity index (χ0) is 26.2. The fourth-order valence-electron chi connectivity index (χ4n) is 5.14. The lowest BCUT2D eigenvalue weighted by Gasteiger charge is -2.18. The molecule has 0 aliphatic heterocycles. The van der Waals surface area contributed by atoms with Crippen molar-refractivity contribution in [1.82, 2.24) is 0 Å². The molecule has 0 bridgehead atoms. The van der Waals surface area contributed by atoms with Gasteiger partial charge in [-0.25, -0.2) is 8.78 Å². The third-order valence-electron chi connectivity index (χ3n) is 7.73. The van der Waals surface area contributed by atoms with Crippen LogP contribution in [-0.4, -0.2) is 18.2 Å². The van der Waals surface area contributed by atoms with Gasteiger partial charge in [0.05, 0.1) is 13.5 Å². The molecular formula is C31H32F2O4. The Balaban J connectivity index is 1.40. The quantitative estimate of drug-likeness (QED) is 0.292. The van der Waals surface area contributed by atoms with Crippen LogP contribution in [0.4, 0.5) is 8.78 Å². The third kappa shape index (κ3) is 5.79. The van der Waals surface area contributed by atoms with Crippen LogP contribution in [0, 0.1) is 23.0 Å². The number of aliphatic carboxylic acids is 1. The number of ether oxygens (including phenoxy) is 2. The van der Waals surface area contributed by atoms with Gasteiger partial charge in [-0.05, 0) is 90.0 Å². The van der Waals surface area contributed by atoms with Crippen molar-refractivity contribution in [2.45, 2.75) is 58.0 Å². The summed E-state index contributed by atoms with van der Waals surface area (Å²) in [6, 6.07) is 15.5. The van der Waals surface area contributed by atoms with Crippen LogP contribution in [0.15, 0.2) is 54.6 Å². The smallest absolute Gasteiger partial charge is 0.303 e. The molecule has 0 heterocycles. The number of methoxy groups -OCH3 is 1. The number of halogens is 2. The molecule has 0 aromatic heterocycles. The molecule has 0 amide bonds. The lowest BCUT2D eigenvalue weighted by atomic mass is 9.90. The second kappa shape index (κ2) is 10.2. The summed E-state index contributed by atoms with van der Waals surface area (Å²) in [5.41, 5.74) is 3.81. The van der Waals surface area contributed by atoms with Gasteiger partial charge in [0.2, 0.25) is 0 Å². The van der Waals surface area contributed by atoms with E-state index in [9.17, 15) is 14.3 Å². The van der Waals surface area contributed by atoms with E-state index in [2.05, 4.69) is 6.92 Å². The number of carboxylic acid groups (broad SMARTS) is 1. The van der Waals surface area contributed by atoms with E-state index >= 15 is 4.39 Å². The standard InChI is InChI=1S/C31H32F2O4/c1-31(12-13-31)17-21-14-19(6-10-23(21)26-15-22(36-2)9-11-27(26)32)18-37-28-5-3-4-24(30(28)33)25(16-29(34)35)20-7-8-20/h3-6,9-11,14-15,20,25H,7-8,12-13,16-18H2,1-2H3,(H,34,35). The Labute approximate surface area is 216 Å². The monoisotopic (exact) mass is 506 g/mol. The van der Waals surface area contributed by atoms with Crippen molar-refractivity contribution in [2.75, 3.05) is 7.11 Å². The normalized spacial score (nSPS) is 16.8. The van der Waals surface area contributed by atoms with Crippen molar-refractivity contribution in [3.63, 3.8) is 0 Å². The van der Waals surface area contributed by atoms with Gasteiger partial charge in [-0.3, -0.25) is 4.79 Å². The maximum absolute atomic E-state index is 15.4. The molecule has 6 heteroatoms. The predicted octanol–water partition coefficient (Wildman–Crippen LogP) is 7.53. The minimum Gasteiger partial charge on any atom is -0.497 e. The average Bonchev–Trinajstić information content (AvgIpc) is 3.81. The number of benzene rings is 3. The Hall–Kier alpha value is -3.41. The van der Waals surface area contributed by atoms with Crippen molar-refractivity contribution < 1.29 is 28.2 Å². The van der Waals surface area contributed by atoms with Crippen molar-refractivity contribution in [3.05, 3.63) is 82.9 Å². The first-order valence-electron chi connectivity index (χ1n) is 12.8. The van der Waals surface area contributed by atoms with E-state index in [0.717, 1.165) is 48.8 Å². The van der Waals surface area contributed by atoms with Gasteiger partial charge in [0.25, 0.3) is 0 Å². The van der Waals surface area contributed by atoms with Gasteiger partial charge in [-0.1, -0.05) is 37.3 Å². The molecular weight excluding hydrogens is 474 g/mol. The molecule has 2 fully saturated rings. The summed E-state index contributed by atoms with van der Waals surface area (Å²) in [6.45, 7) is 2.38. The molecule has 3 aromatic carbocycles. The van der Waals surface area contributed by atoms with Crippen LogP contribution >= 0.6 is 0 Å². The Kier molecular flexibility index (Phi) is 6.93. The van der Waals surface area contributed by atoms with Crippen molar-refractivity contribution in [1.29, 1.82) is 0 Å². The first-order valence-corrected chi connectivity index (χ1v) is 12.8.